The topological polar surface area (TPSA) is 119 Å². The maximum absolute atomic E-state index is 16.9. The van der Waals surface area contributed by atoms with E-state index in [1.54, 1.807) is 30.6 Å². The molecule has 3 saturated heterocycles. The summed E-state index contributed by atoms with van der Waals surface area (Å²) < 4.78 is 48.5. The van der Waals surface area contributed by atoms with Crippen LogP contribution in [0.15, 0.2) is 24.5 Å². The number of piperidine rings is 1. The second kappa shape index (κ2) is 11.1. The minimum Gasteiger partial charge on any atom is -0.461 e. The largest absolute Gasteiger partial charge is 0.508 e. The molecule has 0 saturated carbocycles. The van der Waals surface area contributed by atoms with E-state index in [0.717, 1.165) is 19.4 Å². The van der Waals surface area contributed by atoms with Gasteiger partial charge in [0.1, 0.15) is 42.5 Å². The molecular weight excluding hydrogens is 608 g/mol. The highest BCUT2D eigenvalue weighted by Crippen LogP contribution is 2.42. The highest BCUT2D eigenvalue weighted by Gasteiger charge is 2.49. The Labute approximate surface area is 261 Å². The number of halogens is 3. The van der Waals surface area contributed by atoms with Crippen molar-refractivity contribution in [3.05, 3.63) is 40.9 Å². The van der Waals surface area contributed by atoms with E-state index in [9.17, 15) is 9.18 Å². The van der Waals surface area contributed by atoms with Crippen molar-refractivity contribution in [3.63, 3.8) is 0 Å². The number of ether oxygens (including phenoxy) is 3. The Hall–Kier alpha value is -4.10. The molecule has 3 fully saturated rings. The number of nitrogens with zero attached hydrogens (tertiary/aromatic N) is 6. The Kier molecular flexibility index (Phi) is 6.97. The molecular formula is C31H30ClF2N7O4. The predicted molar refractivity (Wildman–Crippen MR) is 163 cm³/mol. The quantitative estimate of drug-likeness (QED) is 0.290. The molecule has 0 aliphatic carbocycles. The van der Waals surface area contributed by atoms with Crippen molar-refractivity contribution in [3.8, 4) is 17.3 Å². The van der Waals surface area contributed by atoms with Gasteiger partial charge in [-0.05, 0) is 44.4 Å². The molecule has 5 aliphatic rings. The molecule has 5 aliphatic heterocycles. The molecule has 0 radical (unpaired) electrons. The summed E-state index contributed by atoms with van der Waals surface area (Å²) in [5.74, 6) is -0.258. The number of benzene rings is 1. The number of H-pyrrole nitrogens is 1. The van der Waals surface area contributed by atoms with E-state index in [4.69, 9.17) is 30.8 Å². The van der Waals surface area contributed by atoms with Gasteiger partial charge in [0, 0.05) is 42.2 Å². The highest BCUT2D eigenvalue weighted by atomic mass is 35.5. The van der Waals surface area contributed by atoms with Crippen LogP contribution in [0, 0.1) is 5.82 Å². The van der Waals surface area contributed by atoms with E-state index >= 15 is 4.39 Å². The molecule has 0 amide bonds. The number of fused-ring (bicyclic) bond motifs is 7. The van der Waals surface area contributed by atoms with Crippen LogP contribution in [-0.2, 0) is 9.47 Å². The Morgan fingerprint density at radius 2 is 2.09 bits per heavy atom. The summed E-state index contributed by atoms with van der Waals surface area (Å²) in [6.45, 7) is 2.21. The summed E-state index contributed by atoms with van der Waals surface area (Å²) in [6.07, 6.45) is 7.71. The number of hydrogen-bond acceptors (Lipinski definition) is 10. The number of nitrogens with one attached hydrogen (secondary N) is 1. The molecule has 3 aromatic heterocycles. The summed E-state index contributed by atoms with van der Waals surface area (Å²) in [7, 11) is 0. The molecule has 9 rings (SSSR count). The molecule has 234 valence electrons. The summed E-state index contributed by atoms with van der Waals surface area (Å²) in [5, 5.41) is 8.33. The van der Waals surface area contributed by atoms with E-state index in [-0.39, 0.29) is 30.4 Å². The van der Waals surface area contributed by atoms with Crippen molar-refractivity contribution in [1.29, 1.82) is 0 Å². The first-order valence-electron chi connectivity index (χ1n) is 15.2. The maximum atomic E-state index is 16.9. The van der Waals surface area contributed by atoms with Gasteiger partial charge < -0.3 is 19.1 Å². The average Bonchev–Trinajstić information content (AvgIpc) is 3.72. The van der Waals surface area contributed by atoms with Gasteiger partial charge in [0.05, 0.1) is 34.2 Å². The van der Waals surface area contributed by atoms with Gasteiger partial charge in [-0.25, -0.2) is 13.6 Å². The van der Waals surface area contributed by atoms with Crippen molar-refractivity contribution in [2.24, 2.45) is 0 Å². The molecule has 1 N–H and O–H groups in total. The lowest BCUT2D eigenvalue weighted by atomic mass is 9.95. The number of pyridine rings is 1. The minimum atomic E-state index is -0.919. The average molecular weight is 638 g/mol. The van der Waals surface area contributed by atoms with E-state index in [1.807, 2.05) is 4.90 Å². The zero-order valence-electron chi connectivity index (χ0n) is 24.3. The first-order valence-corrected chi connectivity index (χ1v) is 15.6. The van der Waals surface area contributed by atoms with Gasteiger partial charge in [-0.15, -0.1) is 0 Å². The van der Waals surface area contributed by atoms with Crippen LogP contribution < -0.4 is 9.64 Å². The number of hydrogen-bond donors (Lipinski definition) is 1. The maximum Gasteiger partial charge on any atom is 0.508 e. The van der Waals surface area contributed by atoms with Crippen LogP contribution in [0.1, 0.15) is 37.7 Å². The summed E-state index contributed by atoms with van der Waals surface area (Å²) in [5.41, 5.74) is 1.07. The van der Waals surface area contributed by atoms with E-state index in [0.29, 0.717) is 77.2 Å². The summed E-state index contributed by atoms with van der Waals surface area (Å²) in [6, 6.07) is 1.68. The molecule has 45 heavy (non-hydrogen) atoms. The van der Waals surface area contributed by atoms with E-state index in [1.165, 1.54) is 0 Å². The van der Waals surface area contributed by atoms with Crippen molar-refractivity contribution in [2.75, 3.05) is 44.3 Å². The van der Waals surface area contributed by atoms with Gasteiger partial charge in [0.25, 0.3) is 0 Å². The van der Waals surface area contributed by atoms with Gasteiger partial charge in [-0.2, -0.15) is 15.1 Å². The Morgan fingerprint density at radius 1 is 1.18 bits per heavy atom. The zero-order chi connectivity index (χ0) is 30.7. The number of carbonyl (C=O) groups excluding carboxylic acids is 1. The number of carbonyl (C=O) groups is 1. The second-order valence-corrected chi connectivity index (χ2v) is 12.6. The van der Waals surface area contributed by atoms with Crippen molar-refractivity contribution >= 4 is 51.5 Å². The smallest absolute Gasteiger partial charge is 0.461 e. The third kappa shape index (κ3) is 4.92. The lowest BCUT2D eigenvalue weighted by Gasteiger charge is -2.34. The normalized spacial score (nSPS) is 25.8. The highest BCUT2D eigenvalue weighted by molar-refractivity contribution is 6.33. The van der Waals surface area contributed by atoms with Crippen LogP contribution in [-0.4, -0.2) is 93.4 Å². The molecule has 8 heterocycles. The first-order chi connectivity index (χ1) is 21.9. The number of aromatic nitrogens is 5. The van der Waals surface area contributed by atoms with Crippen LogP contribution in [0.2, 0.25) is 5.02 Å². The van der Waals surface area contributed by atoms with Crippen LogP contribution in [0.3, 0.4) is 0 Å². The first kappa shape index (κ1) is 28.4. The Bertz CT molecular complexity index is 1850. The van der Waals surface area contributed by atoms with Crippen molar-refractivity contribution in [1.82, 2.24) is 30.0 Å². The van der Waals surface area contributed by atoms with Gasteiger partial charge in [-0.3, -0.25) is 15.0 Å². The lowest BCUT2D eigenvalue weighted by molar-refractivity contribution is 0.0248. The predicted octanol–water partition coefficient (Wildman–Crippen LogP) is 5.46. The van der Waals surface area contributed by atoms with Gasteiger partial charge >= 0.3 is 12.2 Å². The molecule has 3 atom stereocenters. The second-order valence-electron chi connectivity index (χ2n) is 12.1. The van der Waals surface area contributed by atoms with Gasteiger partial charge in [-0.1, -0.05) is 17.7 Å². The molecule has 6 bridgehead atoms. The fourth-order valence-corrected chi connectivity index (χ4v) is 7.59. The zero-order valence-corrected chi connectivity index (χ0v) is 25.0. The number of anilines is 1. The van der Waals surface area contributed by atoms with Crippen LogP contribution in [0.4, 0.5) is 19.4 Å². The third-order valence-corrected chi connectivity index (χ3v) is 9.68. The third-order valence-electron chi connectivity index (χ3n) is 9.37. The fraction of sp³-hybridized carbons (Fsp3) is 0.452. The van der Waals surface area contributed by atoms with Crippen molar-refractivity contribution < 1.29 is 27.8 Å². The van der Waals surface area contributed by atoms with Crippen LogP contribution in [0.25, 0.3) is 39.1 Å². The fourth-order valence-electron chi connectivity index (χ4n) is 7.32. The molecule has 4 aromatic rings. The van der Waals surface area contributed by atoms with Crippen molar-refractivity contribution in [2.45, 2.75) is 49.9 Å². The monoisotopic (exact) mass is 637 g/mol. The standard InChI is InChI=1S/C31H30ClF2N7O4/c32-22-10-23-20(13-36-39-23)24-19(22)5-2-9-43-30(42)45-18-4-1-7-40(15-18)28-21-12-35-27(24)25(34)26(21)37-29(38-28)44-16-31-6-3-8-41(31)14-17(33)11-31/h2,5,10,12-13,17-18H,1,3-4,6-9,11,14-16H2,(H,36,39)/b5-2+/t17-,18+,31+/m1/s1. The number of aromatic amines is 1. The number of alkyl halides is 1. The molecule has 14 heteroatoms. The molecule has 0 spiro atoms. The van der Waals surface area contributed by atoms with Crippen LogP contribution in [0.5, 0.6) is 6.01 Å². The molecule has 0 unspecified atom stereocenters. The van der Waals surface area contributed by atoms with E-state index < -0.39 is 29.8 Å². The number of rotatable bonds is 3. The molecule has 11 nitrogen and oxygen atoms in total. The minimum absolute atomic E-state index is 0.0136. The lowest BCUT2D eigenvalue weighted by Crippen LogP contribution is -2.43. The summed E-state index contributed by atoms with van der Waals surface area (Å²) in [4.78, 5) is 30.6. The Balaban J connectivity index is 1.30. The summed E-state index contributed by atoms with van der Waals surface area (Å²) >= 11 is 6.69. The Morgan fingerprint density at radius 3 is 3.00 bits per heavy atom. The van der Waals surface area contributed by atoms with Gasteiger partial charge in [0.2, 0.25) is 0 Å². The van der Waals surface area contributed by atoms with Crippen LogP contribution >= 0.6 is 11.6 Å². The molecule has 1 aromatic carbocycles. The van der Waals surface area contributed by atoms with Gasteiger partial charge in [0.15, 0.2) is 5.82 Å². The SMILES string of the molecule is O=C1OC/C=C/c2c(Cl)cc3[nH]ncc3c2-c2ncc3c(nc(OC[C@@]45CCCN4C[C@H](F)C5)nc3c2F)N2CCC[C@@H](C2)O1. The van der Waals surface area contributed by atoms with E-state index in [2.05, 4.69) is 25.1 Å².